The highest BCUT2D eigenvalue weighted by atomic mass is 16.6. The Morgan fingerprint density at radius 2 is 1.89 bits per heavy atom. The summed E-state index contributed by atoms with van der Waals surface area (Å²) in [4.78, 5) is 14.8. The van der Waals surface area contributed by atoms with Crippen molar-refractivity contribution in [3.05, 3.63) is 72.9 Å². The van der Waals surface area contributed by atoms with Gasteiger partial charge in [0.05, 0.1) is 11.1 Å². The number of hydrogen-bond acceptors (Lipinski definition) is 3. The third-order valence-electron chi connectivity index (χ3n) is 5.16. The maximum absolute atomic E-state index is 13.1. The van der Waals surface area contributed by atoms with Crippen LogP contribution < -0.4 is 0 Å². The predicted octanol–water partition coefficient (Wildman–Crippen LogP) is 4.96. The van der Waals surface area contributed by atoms with E-state index in [-0.39, 0.29) is 0 Å². The van der Waals surface area contributed by atoms with Gasteiger partial charge < -0.3 is 9.84 Å². The lowest BCUT2D eigenvalue weighted by atomic mass is 9.79. The van der Waals surface area contributed by atoms with E-state index in [1.807, 2.05) is 50.3 Å². The Morgan fingerprint density at radius 3 is 2.37 bits per heavy atom. The van der Waals surface area contributed by atoms with E-state index in [9.17, 15) is 9.90 Å². The first kappa shape index (κ1) is 21.0. The van der Waals surface area contributed by atoms with Gasteiger partial charge in [-0.25, -0.2) is 4.79 Å². The second-order valence-corrected chi connectivity index (χ2v) is 8.24. The molecule has 4 nitrogen and oxygen atoms in total. The van der Waals surface area contributed by atoms with Gasteiger partial charge in [0, 0.05) is 19.4 Å². The van der Waals surface area contributed by atoms with Crippen molar-refractivity contribution in [2.45, 2.75) is 57.3 Å². The fourth-order valence-corrected chi connectivity index (χ4v) is 3.84. The molecule has 27 heavy (non-hydrogen) atoms. The minimum absolute atomic E-state index is 0.334. The van der Waals surface area contributed by atoms with E-state index in [0.29, 0.717) is 19.4 Å². The zero-order valence-corrected chi connectivity index (χ0v) is 16.9. The van der Waals surface area contributed by atoms with Crippen LogP contribution in [0, 0.1) is 0 Å². The Morgan fingerprint density at radius 1 is 1.26 bits per heavy atom. The average molecular weight is 370 g/mol. The van der Waals surface area contributed by atoms with Crippen LogP contribution in [0.15, 0.2) is 67.3 Å². The van der Waals surface area contributed by atoms with Crippen LogP contribution in [0.2, 0.25) is 0 Å². The van der Waals surface area contributed by atoms with E-state index in [2.05, 4.69) is 13.2 Å². The first-order valence-corrected chi connectivity index (χ1v) is 9.30. The summed E-state index contributed by atoms with van der Waals surface area (Å²) in [6.07, 6.45) is 5.82. The summed E-state index contributed by atoms with van der Waals surface area (Å²) >= 11 is 0. The predicted molar refractivity (Wildman–Crippen MR) is 109 cm³/mol. The zero-order chi connectivity index (χ0) is 20.3. The fraction of sp³-hybridized carbons (Fsp3) is 0.435. The first-order chi connectivity index (χ1) is 12.6. The van der Waals surface area contributed by atoms with Crippen molar-refractivity contribution < 1.29 is 14.6 Å². The molecule has 1 heterocycles. The van der Waals surface area contributed by atoms with Gasteiger partial charge in [-0.15, -0.1) is 0 Å². The highest BCUT2D eigenvalue weighted by Crippen LogP contribution is 2.42. The standard InChI is InChI=1S/C23H31NO3/c1-7-12-18(8-2)22(5,6)24-16-15-23(27-20(24)25,17-21(3,4)26)19-13-10-9-11-14-19/h7-14,26H,1-2,15-17H2,3-6H3. The van der Waals surface area contributed by atoms with Gasteiger partial charge in [-0.3, -0.25) is 4.90 Å². The smallest absolute Gasteiger partial charge is 0.411 e. The quantitative estimate of drug-likeness (QED) is 0.691. The Hall–Kier alpha value is -2.33. The molecule has 1 aliphatic heterocycles. The van der Waals surface area contributed by atoms with E-state index in [1.54, 1.807) is 30.9 Å². The van der Waals surface area contributed by atoms with E-state index in [4.69, 9.17) is 4.74 Å². The van der Waals surface area contributed by atoms with E-state index in [0.717, 1.165) is 11.1 Å². The van der Waals surface area contributed by atoms with Crippen molar-refractivity contribution >= 4 is 6.09 Å². The Bertz CT molecular complexity index is 728. The summed E-state index contributed by atoms with van der Waals surface area (Å²) in [5.41, 5.74) is -0.597. The van der Waals surface area contributed by atoms with Crippen molar-refractivity contribution in [2.24, 2.45) is 0 Å². The monoisotopic (exact) mass is 369 g/mol. The van der Waals surface area contributed by atoms with Crippen LogP contribution >= 0.6 is 0 Å². The maximum atomic E-state index is 13.1. The number of cyclic esters (lactones) is 1. The maximum Gasteiger partial charge on any atom is 0.411 e. The lowest BCUT2D eigenvalue weighted by Crippen LogP contribution is -2.57. The summed E-state index contributed by atoms with van der Waals surface area (Å²) in [6.45, 7) is 15.5. The summed E-state index contributed by atoms with van der Waals surface area (Å²) in [5, 5.41) is 10.5. The minimum Gasteiger partial charge on any atom is -0.438 e. The molecule has 1 saturated heterocycles. The Labute approximate surface area is 162 Å². The number of carbonyl (C=O) groups excluding carboxylic acids is 1. The molecule has 1 aliphatic rings. The highest BCUT2D eigenvalue weighted by Gasteiger charge is 2.48. The number of nitrogens with zero attached hydrogens (tertiary/aromatic N) is 1. The second-order valence-electron chi connectivity index (χ2n) is 8.24. The molecule has 1 atom stereocenters. The molecular formula is C23H31NO3. The normalized spacial score (nSPS) is 21.6. The van der Waals surface area contributed by atoms with Gasteiger partial charge in [-0.2, -0.15) is 0 Å². The number of hydrogen-bond donors (Lipinski definition) is 1. The minimum atomic E-state index is -0.969. The van der Waals surface area contributed by atoms with Crippen molar-refractivity contribution in [1.82, 2.24) is 4.90 Å². The van der Waals surface area contributed by atoms with Gasteiger partial charge in [-0.05, 0) is 38.8 Å². The summed E-state index contributed by atoms with van der Waals surface area (Å²) in [6, 6.07) is 9.68. The molecule has 146 valence electrons. The van der Waals surface area contributed by atoms with E-state index < -0.39 is 22.8 Å². The molecule has 0 radical (unpaired) electrons. The van der Waals surface area contributed by atoms with E-state index >= 15 is 0 Å². The van der Waals surface area contributed by atoms with Crippen molar-refractivity contribution in [2.75, 3.05) is 6.54 Å². The van der Waals surface area contributed by atoms with Crippen molar-refractivity contribution in [3.63, 3.8) is 0 Å². The van der Waals surface area contributed by atoms with Crippen LogP contribution in [0.5, 0.6) is 0 Å². The molecule has 0 saturated carbocycles. The lowest BCUT2D eigenvalue weighted by molar-refractivity contribution is -0.105. The molecule has 4 heteroatoms. The van der Waals surface area contributed by atoms with Gasteiger partial charge in [-0.1, -0.05) is 61.7 Å². The van der Waals surface area contributed by atoms with E-state index in [1.165, 1.54) is 0 Å². The van der Waals surface area contributed by atoms with Crippen LogP contribution in [0.3, 0.4) is 0 Å². The van der Waals surface area contributed by atoms with Gasteiger partial charge in [0.25, 0.3) is 0 Å². The summed E-state index contributed by atoms with van der Waals surface area (Å²) in [7, 11) is 0. The van der Waals surface area contributed by atoms with Gasteiger partial charge >= 0.3 is 6.09 Å². The molecular weight excluding hydrogens is 338 g/mol. The van der Waals surface area contributed by atoms with Crippen molar-refractivity contribution in [1.29, 1.82) is 0 Å². The molecule has 1 unspecified atom stereocenters. The van der Waals surface area contributed by atoms with Crippen LogP contribution in [0.1, 0.15) is 46.1 Å². The van der Waals surface area contributed by atoms with Gasteiger partial charge in [0.1, 0.15) is 5.60 Å². The second kappa shape index (κ2) is 7.73. The molecule has 2 rings (SSSR count). The molecule has 0 aromatic heterocycles. The number of allylic oxidation sites excluding steroid dienone is 2. The largest absolute Gasteiger partial charge is 0.438 e. The van der Waals surface area contributed by atoms with Crippen molar-refractivity contribution in [3.8, 4) is 0 Å². The Balaban J connectivity index is 2.38. The first-order valence-electron chi connectivity index (χ1n) is 9.30. The topological polar surface area (TPSA) is 49.8 Å². The average Bonchev–Trinajstić information content (AvgIpc) is 2.58. The van der Waals surface area contributed by atoms with Gasteiger partial charge in [0.15, 0.2) is 0 Å². The van der Waals surface area contributed by atoms with Crippen LogP contribution in [-0.2, 0) is 10.3 Å². The molecule has 0 spiro atoms. The third-order valence-corrected chi connectivity index (χ3v) is 5.16. The Kier molecular flexibility index (Phi) is 6.01. The van der Waals surface area contributed by atoms with Crippen LogP contribution in [0.25, 0.3) is 0 Å². The number of benzene rings is 1. The molecule has 0 bridgehead atoms. The lowest BCUT2D eigenvalue weighted by Gasteiger charge is -2.48. The molecule has 1 amide bonds. The fourth-order valence-electron chi connectivity index (χ4n) is 3.84. The number of ether oxygens (including phenoxy) is 1. The molecule has 1 aromatic carbocycles. The molecule has 1 aromatic rings. The number of amides is 1. The zero-order valence-electron chi connectivity index (χ0n) is 16.9. The summed E-state index contributed by atoms with van der Waals surface area (Å²) in [5.74, 6) is 0. The number of carbonyl (C=O) groups is 1. The highest BCUT2D eigenvalue weighted by molar-refractivity contribution is 5.71. The number of aliphatic hydroxyl groups is 1. The molecule has 0 aliphatic carbocycles. The molecule has 1 N–H and O–H groups in total. The van der Waals surface area contributed by atoms with Crippen LogP contribution in [-0.4, -0.2) is 33.8 Å². The third kappa shape index (κ3) is 4.51. The van der Waals surface area contributed by atoms with Crippen LogP contribution in [0.4, 0.5) is 4.79 Å². The number of rotatable bonds is 7. The molecule has 1 fully saturated rings. The van der Waals surface area contributed by atoms with Gasteiger partial charge in [0.2, 0.25) is 0 Å². The summed E-state index contributed by atoms with van der Waals surface area (Å²) < 4.78 is 6.05. The SMILES string of the molecule is C=CC=C(C=C)C(C)(C)N1CCC(CC(C)(C)O)(c2ccccc2)OC1=O.